The molecule has 0 saturated carbocycles. The fraction of sp³-hybridized carbons (Fsp3) is 0.500. The zero-order valence-electron chi connectivity index (χ0n) is 13.4. The fourth-order valence-corrected chi connectivity index (χ4v) is 3.42. The number of hydrogen-bond acceptors (Lipinski definition) is 6. The Morgan fingerprint density at radius 1 is 1.22 bits per heavy atom. The third-order valence-electron chi connectivity index (χ3n) is 4.62. The van der Waals surface area contributed by atoms with Crippen LogP contribution in [0.3, 0.4) is 0 Å². The van der Waals surface area contributed by atoms with Crippen LogP contribution >= 0.6 is 0 Å². The van der Waals surface area contributed by atoms with E-state index in [-0.39, 0.29) is 0 Å². The first-order valence-electron chi connectivity index (χ1n) is 7.88. The highest BCUT2D eigenvalue weighted by atomic mass is 16.5. The summed E-state index contributed by atoms with van der Waals surface area (Å²) in [4.78, 5) is 6.96. The molecule has 0 spiro atoms. The minimum absolute atomic E-state index is 0.584. The second-order valence-corrected chi connectivity index (χ2v) is 6.15. The number of rotatable bonds is 4. The van der Waals surface area contributed by atoms with Gasteiger partial charge in [-0.15, -0.1) is 5.10 Å². The van der Waals surface area contributed by atoms with E-state index >= 15 is 0 Å². The van der Waals surface area contributed by atoms with Crippen molar-refractivity contribution in [1.29, 1.82) is 0 Å². The van der Waals surface area contributed by atoms with E-state index in [2.05, 4.69) is 20.3 Å². The zero-order valence-corrected chi connectivity index (χ0v) is 13.4. The molecule has 2 atom stereocenters. The lowest BCUT2D eigenvalue weighted by molar-refractivity contribution is 0.177. The first-order chi connectivity index (χ1) is 11.2. The number of benzene rings is 1. The van der Waals surface area contributed by atoms with E-state index in [9.17, 15) is 0 Å². The van der Waals surface area contributed by atoms with E-state index in [1.807, 2.05) is 36.0 Å². The maximum Gasteiger partial charge on any atom is 0.248 e. The number of ether oxygens (including phenoxy) is 2. The molecule has 4 rings (SSSR count). The molecule has 3 heterocycles. The second kappa shape index (κ2) is 5.73. The van der Waals surface area contributed by atoms with Gasteiger partial charge in [0, 0.05) is 32.0 Å². The number of fused-ring (bicyclic) bond motifs is 1. The van der Waals surface area contributed by atoms with E-state index in [4.69, 9.17) is 9.47 Å². The van der Waals surface area contributed by atoms with Crippen molar-refractivity contribution in [2.24, 2.45) is 18.9 Å². The summed E-state index contributed by atoms with van der Waals surface area (Å²) in [6.45, 7) is 3.72. The molecule has 1 N–H and O–H groups in total. The molecule has 7 nitrogen and oxygen atoms in total. The average Bonchev–Trinajstić information content (AvgIpc) is 3.22. The van der Waals surface area contributed by atoms with Crippen molar-refractivity contribution >= 4 is 17.6 Å². The van der Waals surface area contributed by atoms with Gasteiger partial charge in [0.05, 0.1) is 26.0 Å². The van der Waals surface area contributed by atoms with E-state index < -0.39 is 0 Å². The minimum Gasteiger partial charge on any atom is -0.495 e. The fourth-order valence-electron chi connectivity index (χ4n) is 3.42. The van der Waals surface area contributed by atoms with Crippen LogP contribution in [0.1, 0.15) is 0 Å². The third kappa shape index (κ3) is 2.61. The Labute approximate surface area is 135 Å². The molecule has 2 saturated heterocycles. The van der Waals surface area contributed by atoms with Crippen molar-refractivity contribution in [1.82, 2.24) is 14.8 Å². The van der Waals surface area contributed by atoms with Crippen LogP contribution in [0.5, 0.6) is 5.75 Å². The normalized spacial score (nSPS) is 23.1. The Balaban J connectivity index is 1.53. The van der Waals surface area contributed by atoms with Crippen LogP contribution in [0.25, 0.3) is 0 Å². The SMILES string of the molecule is COc1ccccc1Nc1nc(N2CC3COCC3C2)n(C)n1. The van der Waals surface area contributed by atoms with Crippen LogP contribution in [0.15, 0.2) is 24.3 Å². The molecule has 0 bridgehead atoms. The molecule has 0 aliphatic carbocycles. The van der Waals surface area contributed by atoms with Gasteiger partial charge in [-0.25, -0.2) is 4.68 Å². The standard InChI is InChI=1S/C16H21N5O2/c1-20-16(21-7-11-9-23-10-12(11)8-21)18-15(19-20)17-13-5-3-4-6-14(13)22-2/h3-6,11-12H,7-10H2,1-2H3,(H,17,19). The predicted octanol–water partition coefficient (Wildman–Crippen LogP) is 1.65. The smallest absolute Gasteiger partial charge is 0.248 e. The number of nitrogens with one attached hydrogen (secondary N) is 1. The van der Waals surface area contributed by atoms with Gasteiger partial charge < -0.3 is 19.7 Å². The minimum atomic E-state index is 0.584. The number of methoxy groups -OCH3 is 1. The number of aromatic nitrogens is 3. The van der Waals surface area contributed by atoms with Crippen LogP contribution in [-0.4, -0.2) is 48.2 Å². The van der Waals surface area contributed by atoms with Crippen LogP contribution in [0.2, 0.25) is 0 Å². The largest absolute Gasteiger partial charge is 0.495 e. The summed E-state index contributed by atoms with van der Waals surface area (Å²) < 4.78 is 12.7. The molecule has 23 heavy (non-hydrogen) atoms. The van der Waals surface area contributed by atoms with Crippen LogP contribution < -0.4 is 15.0 Å². The number of para-hydroxylation sites is 2. The van der Waals surface area contributed by atoms with Gasteiger partial charge in [-0.1, -0.05) is 12.1 Å². The Morgan fingerprint density at radius 3 is 2.70 bits per heavy atom. The van der Waals surface area contributed by atoms with Gasteiger partial charge in [0.25, 0.3) is 0 Å². The summed E-state index contributed by atoms with van der Waals surface area (Å²) in [6, 6.07) is 7.75. The van der Waals surface area contributed by atoms with E-state index in [0.29, 0.717) is 17.8 Å². The lowest BCUT2D eigenvalue weighted by Crippen LogP contribution is -2.25. The van der Waals surface area contributed by atoms with Gasteiger partial charge in [-0.2, -0.15) is 4.98 Å². The monoisotopic (exact) mass is 315 g/mol. The molecule has 2 aliphatic heterocycles. The lowest BCUT2D eigenvalue weighted by atomic mass is 10.0. The third-order valence-corrected chi connectivity index (χ3v) is 4.62. The molecule has 2 aromatic rings. The van der Waals surface area contributed by atoms with Crippen molar-refractivity contribution < 1.29 is 9.47 Å². The van der Waals surface area contributed by atoms with Crippen LogP contribution in [-0.2, 0) is 11.8 Å². The summed E-state index contributed by atoms with van der Waals surface area (Å²) in [7, 11) is 3.59. The average molecular weight is 315 g/mol. The molecule has 2 unspecified atom stereocenters. The summed E-state index contributed by atoms with van der Waals surface area (Å²) in [6.07, 6.45) is 0. The second-order valence-electron chi connectivity index (χ2n) is 6.15. The topological polar surface area (TPSA) is 64.4 Å². The predicted molar refractivity (Wildman–Crippen MR) is 87.3 cm³/mol. The molecule has 1 aromatic heterocycles. The number of aryl methyl sites for hydroxylation is 1. The molecule has 122 valence electrons. The van der Waals surface area contributed by atoms with Crippen molar-refractivity contribution in [3.05, 3.63) is 24.3 Å². The van der Waals surface area contributed by atoms with Crippen molar-refractivity contribution in [2.45, 2.75) is 0 Å². The van der Waals surface area contributed by atoms with E-state index in [0.717, 1.165) is 43.7 Å². The highest BCUT2D eigenvalue weighted by Crippen LogP contribution is 2.32. The van der Waals surface area contributed by atoms with Crippen molar-refractivity contribution in [3.63, 3.8) is 0 Å². The van der Waals surface area contributed by atoms with E-state index in [1.165, 1.54) is 0 Å². The molecular formula is C16H21N5O2. The zero-order chi connectivity index (χ0) is 15.8. The van der Waals surface area contributed by atoms with Gasteiger partial charge in [-0.05, 0) is 12.1 Å². The van der Waals surface area contributed by atoms with Gasteiger partial charge >= 0.3 is 0 Å². The Hall–Kier alpha value is -2.28. The number of nitrogens with zero attached hydrogens (tertiary/aromatic N) is 4. The van der Waals surface area contributed by atoms with Gasteiger partial charge in [0.1, 0.15) is 5.75 Å². The molecule has 2 aliphatic rings. The van der Waals surface area contributed by atoms with Crippen LogP contribution in [0.4, 0.5) is 17.6 Å². The molecular weight excluding hydrogens is 294 g/mol. The maximum atomic E-state index is 5.54. The Bertz CT molecular complexity index is 690. The first-order valence-corrected chi connectivity index (χ1v) is 7.88. The highest BCUT2D eigenvalue weighted by Gasteiger charge is 2.38. The summed E-state index contributed by atoms with van der Waals surface area (Å²) >= 11 is 0. The molecule has 1 aromatic carbocycles. The molecule has 7 heteroatoms. The number of anilines is 3. The lowest BCUT2D eigenvalue weighted by Gasteiger charge is -2.17. The quantitative estimate of drug-likeness (QED) is 0.925. The summed E-state index contributed by atoms with van der Waals surface area (Å²) in [5.74, 6) is 3.50. The van der Waals surface area contributed by atoms with Gasteiger partial charge in [0.2, 0.25) is 11.9 Å². The summed E-state index contributed by atoms with van der Waals surface area (Å²) in [5, 5.41) is 7.72. The Kier molecular flexibility index (Phi) is 3.57. The highest BCUT2D eigenvalue weighted by molar-refractivity contribution is 5.62. The van der Waals surface area contributed by atoms with Crippen molar-refractivity contribution in [2.75, 3.05) is 43.6 Å². The Morgan fingerprint density at radius 2 is 1.96 bits per heavy atom. The maximum absolute atomic E-state index is 5.54. The molecule has 0 amide bonds. The number of hydrogen-bond donors (Lipinski definition) is 1. The van der Waals surface area contributed by atoms with Gasteiger partial charge in [0.15, 0.2) is 0 Å². The summed E-state index contributed by atoms with van der Waals surface area (Å²) in [5.41, 5.74) is 0.860. The molecule has 2 fully saturated rings. The van der Waals surface area contributed by atoms with Gasteiger partial charge in [-0.3, -0.25) is 0 Å². The first kappa shape index (κ1) is 14.3. The molecule has 0 radical (unpaired) electrons. The van der Waals surface area contributed by atoms with Crippen LogP contribution in [0, 0.1) is 11.8 Å². The van der Waals surface area contributed by atoms with Crippen molar-refractivity contribution in [3.8, 4) is 5.75 Å². The van der Waals surface area contributed by atoms with E-state index in [1.54, 1.807) is 7.11 Å².